The third-order valence-electron chi connectivity index (χ3n) is 5.29. The lowest BCUT2D eigenvalue weighted by atomic mass is 10.1. The average Bonchev–Trinajstić information content (AvgIpc) is 3.06. The number of para-hydroxylation sites is 2. The van der Waals surface area contributed by atoms with Gasteiger partial charge in [0.05, 0.1) is 11.0 Å². The Morgan fingerprint density at radius 2 is 1.83 bits per heavy atom. The van der Waals surface area contributed by atoms with Crippen molar-refractivity contribution >= 4 is 28.5 Å². The lowest BCUT2D eigenvalue weighted by Gasteiger charge is -2.13. The second kappa shape index (κ2) is 10.1. The topological polar surface area (TPSA) is 76.0 Å². The maximum absolute atomic E-state index is 12.8. The molecule has 0 radical (unpaired) electrons. The first-order valence-corrected chi connectivity index (χ1v) is 10.6. The van der Waals surface area contributed by atoms with E-state index in [0.717, 1.165) is 46.5 Å². The van der Waals surface area contributed by atoms with Gasteiger partial charge in [0.15, 0.2) is 0 Å². The van der Waals surface area contributed by atoms with Crippen LogP contribution in [0.5, 0.6) is 0 Å². The van der Waals surface area contributed by atoms with Gasteiger partial charge < -0.3 is 15.2 Å². The van der Waals surface area contributed by atoms with Gasteiger partial charge in [0.25, 0.3) is 0 Å². The molecule has 6 nitrogen and oxygen atoms in total. The Bertz CT molecular complexity index is 1040. The van der Waals surface area contributed by atoms with Crippen LogP contribution >= 0.6 is 0 Å². The molecular formula is C24H30N4O2. The summed E-state index contributed by atoms with van der Waals surface area (Å²) in [4.78, 5) is 29.2. The van der Waals surface area contributed by atoms with Crippen molar-refractivity contribution in [2.75, 3.05) is 11.9 Å². The molecule has 0 spiro atoms. The van der Waals surface area contributed by atoms with E-state index in [4.69, 9.17) is 4.98 Å². The molecule has 3 aromatic rings. The highest BCUT2D eigenvalue weighted by Gasteiger charge is 2.14. The molecule has 0 saturated heterocycles. The fourth-order valence-corrected chi connectivity index (χ4v) is 3.50. The predicted octanol–water partition coefficient (Wildman–Crippen LogP) is 4.14. The van der Waals surface area contributed by atoms with Gasteiger partial charge in [0.2, 0.25) is 11.8 Å². The van der Waals surface area contributed by atoms with Gasteiger partial charge in [-0.15, -0.1) is 0 Å². The number of imidazole rings is 1. The lowest BCUT2D eigenvalue weighted by molar-refractivity contribution is -0.121. The monoisotopic (exact) mass is 406 g/mol. The van der Waals surface area contributed by atoms with E-state index < -0.39 is 0 Å². The fraction of sp³-hybridized carbons (Fsp3) is 0.375. The van der Waals surface area contributed by atoms with Crippen molar-refractivity contribution in [2.45, 2.75) is 53.0 Å². The van der Waals surface area contributed by atoms with Crippen molar-refractivity contribution in [3.8, 4) is 0 Å². The van der Waals surface area contributed by atoms with E-state index >= 15 is 0 Å². The summed E-state index contributed by atoms with van der Waals surface area (Å²) >= 11 is 0. The molecule has 2 aromatic carbocycles. The third kappa shape index (κ3) is 5.26. The zero-order valence-electron chi connectivity index (χ0n) is 18.0. The zero-order chi connectivity index (χ0) is 21.5. The molecule has 3 rings (SSSR count). The second-order valence-electron chi connectivity index (χ2n) is 7.60. The number of anilines is 1. The first-order chi connectivity index (χ1) is 14.5. The normalized spacial score (nSPS) is 10.9. The van der Waals surface area contributed by atoms with Crippen molar-refractivity contribution in [3.05, 3.63) is 59.4 Å². The largest absolute Gasteiger partial charge is 0.356 e. The molecule has 30 heavy (non-hydrogen) atoms. The van der Waals surface area contributed by atoms with E-state index in [9.17, 15) is 9.59 Å². The van der Waals surface area contributed by atoms with E-state index in [0.29, 0.717) is 19.4 Å². The van der Waals surface area contributed by atoms with Crippen molar-refractivity contribution in [1.82, 2.24) is 14.9 Å². The number of nitrogens with zero attached hydrogens (tertiary/aromatic N) is 2. The number of hydrogen-bond acceptors (Lipinski definition) is 3. The summed E-state index contributed by atoms with van der Waals surface area (Å²) in [5.74, 6) is 0.861. The van der Waals surface area contributed by atoms with Gasteiger partial charge in [-0.25, -0.2) is 4.98 Å². The van der Waals surface area contributed by atoms with Crippen LogP contribution in [0.3, 0.4) is 0 Å². The minimum Gasteiger partial charge on any atom is -0.356 e. The highest BCUT2D eigenvalue weighted by molar-refractivity contribution is 5.92. The van der Waals surface area contributed by atoms with Crippen LogP contribution in [0, 0.1) is 13.8 Å². The van der Waals surface area contributed by atoms with Gasteiger partial charge in [0.1, 0.15) is 12.4 Å². The fourth-order valence-electron chi connectivity index (χ4n) is 3.50. The first kappa shape index (κ1) is 21.6. The van der Waals surface area contributed by atoms with Crippen LogP contribution < -0.4 is 10.6 Å². The molecular weight excluding hydrogens is 376 g/mol. The van der Waals surface area contributed by atoms with Crippen LogP contribution in [-0.4, -0.2) is 27.9 Å². The number of rotatable bonds is 9. The summed E-state index contributed by atoms with van der Waals surface area (Å²) in [6, 6.07) is 13.8. The van der Waals surface area contributed by atoms with Gasteiger partial charge >= 0.3 is 0 Å². The molecule has 0 saturated carbocycles. The van der Waals surface area contributed by atoms with Gasteiger partial charge in [-0.3, -0.25) is 9.59 Å². The Hall–Kier alpha value is -3.15. The Morgan fingerprint density at radius 3 is 2.63 bits per heavy atom. The number of carbonyl (C=O) groups is 2. The highest BCUT2D eigenvalue weighted by atomic mass is 16.2. The molecule has 2 amide bonds. The van der Waals surface area contributed by atoms with Crippen molar-refractivity contribution < 1.29 is 9.59 Å². The quantitative estimate of drug-likeness (QED) is 0.524. The molecule has 0 aliphatic rings. The molecule has 0 aliphatic heterocycles. The average molecular weight is 407 g/mol. The maximum Gasteiger partial charge on any atom is 0.244 e. The van der Waals surface area contributed by atoms with E-state index in [-0.39, 0.29) is 18.4 Å². The summed E-state index contributed by atoms with van der Waals surface area (Å²) in [6.45, 7) is 6.84. The third-order valence-corrected chi connectivity index (χ3v) is 5.29. The number of aryl methyl sites for hydroxylation is 2. The maximum atomic E-state index is 12.8. The van der Waals surface area contributed by atoms with Crippen molar-refractivity contribution in [3.63, 3.8) is 0 Å². The standard InChI is InChI=1S/C24H30N4O2/c1-4-9-23(29)25-15-8-14-22-26-20-11-5-6-13-21(20)28(22)16-24(30)27-19-12-7-10-17(2)18(19)3/h5-7,10-13H,4,8-9,14-16H2,1-3H3,(H,25,29)(H,27,30). The second-order valence-corrected chi connectivity index (χ2v) is 7.60. The van der Waals surface area contributed by atoms with Gasteiger partial charge in [-0.1, -0.05) is 31.2 Å². The number of carbonyl (C=O) groups excluding carboxylic acids is 2. The summed E-state index contributed by atoms with van der Waals surface area (Å²) in [5.41, 5.74) is 4.88. The molecule has 6 heteroatoms. The Labute approximate surface area is 177 Å². The Balaban J connectivity index is 1.72. The molecule has 0 bridgehead atoms. The smallest absolute Gasteiger partial charge is 0.244 e. The summed E-state index contributed by atoms with van der Waals surface area (Å²) in [5, 5.41) is 5.97. The number of nitrogens with one attached hydrogen (secondary N) is 2. The Morgan fingerprint density at radius 1 is 1.03 bits per heavy atom. The molecule has 0 unspecified atom stereocenters. The first-order valence-electron chi connectivity index (χ1n) is 10.6. The number of benzene rings is 2. The molecule has 0 aliphatic carbocycles. The molecule has 1 aromatic heterocycles. The van der Waals surface area contributed by atoms with Crippen molar-refractivity contribution in [1.29, 1.82) is 0 Å². The number of hydrogen-bond donors (Lipinski definition) is 2. The number of amides is 2. The molecule has 158 valence electrons. The number of aromatic nitrogens is 2. The molecule has 0 atom stereocenters. The highest BCUT2D eigenvalue weighted by Crippen LogP contribution is 2.20. The number of fused-ring (bicyclic) bond motifs is 1. The minimum atomic E-state index is -0.0793. The minimum absolute atomic E-state index is 0.0793. The van der Waals surface area contributed by atoms with Crippen LogP contribution in [-0.2, 0) is 22.6 Å². The SMILES string of the molecule is CCCC(=O)NCCCc1nc2ccccc2n1CC(=O)Nc1cccc(C)c1C. The van der Waals surface area contributed by atoms with Crippen LogP contribution in [0.25, 0.3) is 11.0 Å². The van der Waals surface area contributed by atoms with Gasteiger partial charge in [-0.05, 0) is 56.0 Å². The summed E-state index contributed by atoms with van der Waals surface area (Å²) in [7, 11) is 0. The van der Waals surface area contributed by atoms with E-state index in [1.54, 1.807) is 0 Å². The van der Waals surface area contributed by atoms with E-state index in [1.165, 1.54) is 0 Å². The summed E-state index contributed by atoms with van der Waals surface area (Å²) < 4.78 is 1.98. The van der Waals surface area contributed by atoms with Crippen LogP contribution in [0.1, 0.15) is 43.1 Å². The van der Waals surface area contributed by atoms with Crippen LogP contribution in [0.4, 0.5) is 5.69 Å². The molecule has 0 fully saturated rings. The van der Waals surface area contributed by atoms with Crippen LogP contribution in [0.15, 0.2) is 42.5 Å². The lowest BCUT2D eigenvalue weighted by Crippen LogP contribution is -2.25. The molecule has 2 N–H and O–H groups in total. The summed E-state index contributed by atoms with van der Waals surface area (Å²) in [6.07, 6.45) is 2.86. The van der Waals surface area contributed by atoms with Crippen molar-refractivity contribution in [2.24, 2.45) is 0 Å². The van der Waals surface area contributed by atoms with Crippen LogP contribution in [0.2, 0.25) is 0 Å². The van der Waals surface area contributed by atoms with E-state index in [2.05, 4.69) is 10.6 Å². The van der Waals surface area contributed by atoms with Gasteiger partial charge in [-0.2, -0.15) is 0 Å². The van der Waals surface area contributed by atoms with Gasteiger partial charge in [0, 0.05) is 25.1 Å². The predicted molar refractivity (Wildman–Crippen MR) is 121 cm³/mol. The Kier molecular flexibility index (Phi) is 7.22. The van der Waals surface area contributed by atoms with E-state index in [1.807, 2.05) is 67.8 Å². The molecule has 1 heterocycles. The zero-order valence-corrected chi connectivity index (χ0v) is 18.0.